The van der Waals surface area contributed by atoms with Gasteiger partial charge in [0.25, 0.3) is 0 Å². The first-order valence-corrected chi connectivity index (χ1v) is 4.59. The third-order valence-corrected chi connectivity index (χ3v) is 2.43. The highest BCUT2D eigenvalue weighted by atomic mass is 35.5. The maximum Gasteiger partial charge on any atom is 0.130 e. The number of nitrogens with two attached hydrogens (primary N) is 3. The molecule has 0 bridgehead atoms. The molecule has 0 aliphatic rings. The fraction of sp³-hybridized carbons (Fsp3) is 0.111. The monoisotopic (exact) mass is 209 g/mol. The van der Waals surface area contributed by atoms with Gasteiger partial charge in [0, 0.05) is 17.6 Å². The van der Waals surface area contributed by atoms with E-state index in [-0.39, 0.29) is 0 Å². The van der Waals surface area contributed by atoms with Crippen LogP contribution >= 0.6 is 11.6 Å². The maximum atomic E-state index is 6.00. The van der Waals surface area contributed by atoms with Crippen molar-refractivity contribution in [2.45, 2.75) is 6.54 Å². The van der Waals surface area contributed by atoms with Gasteiger partial charge in [0.2, 0.25) is 0 Å². The molecule has 0 fully saturated rings. The summed E-state index contributed by atoms with van der Waals surface area (Å²) < 4.78 is 0. The van der Waals surface area contributed by atoms with Gasteiger partial charge in [-0.25, -0.2) is 0 Å². The molecule has 0 unspecified atom stereocenters. The van der Waals surface area contributed by atoms with Gasteiger partial charge in [-0.3, -0.25) is 0 Å². The fourth-order valence-electron chi connectivity index (χ4n) is 1.37. The molecule has 0 atom stereocenters. The molecule has 0 aliphatic carbocycles. The Balaban J connectivity index is 3.39. The summed E-state index contributed by atoms with van der Waals surface area (Å²) in [5, 5.41) is 3.88. The van der Waals surface area contributed by atoms with Crippen molar-refractivity contribution in [2.75, 3.05) is 0 Å². The average molecular weight is 209 g/mol. The number of benzene rings is 1. The number of halogens is 1. The molecule has 0 heterocycles. The van der Waals surface area contributed by atoms with Gasteiger partial charge in [-0.05, 0) is 6.07 Å². The van der Waals surface area contributed by atoms with Crippen LogP contribution in [0.1, 0.15) is 5.56 Å². The lowest BCUT2D eigenvalue weighted by atomic mass is 9.89. The van der Waals surface area contributed by atoms with Crippen molar-refractivity contribution in [1.29, 1.82) is 0 Å². The summed E-state index contributed by atoms with van der Waals surface area (Å²) in [6, 6.07) is 1.80. The Kier molecular flexibility index (Phi) is 3.95. The van der Waals surface area contributed by atoms with E-state index in [0.29, 0.717) is 17.0 Å². The van der Waals surface area contributed by atoms with Crippen molar-refractivity contribution in [3.63, 3.8) is 0 Å². The highest BCUT2D eigenvalue weighted by molar-refractivity contribution is 6.42. The molecule has 6 N–H and O–H groups in total. The predicted octanol–water partition coefficient (Wildman–Crippen LogP) is -1.43. The lowest BCUT2D eigenvalue weighted by Crippen LogP contribution is -2.76. The van der Waals surface area contributed by atoms with E-state index in [0.717, 1.165) is 16.9 Å². The van der Waals surface area contributed by atoms with E-state index >= 15 is 0 Å². The molecule has 0 amide bonds. The molecular weight excluding hydrogens is 196 g/mol. The van der Waals surface area contributed by atoms with E-state index in [4.69, 9.17) is 25.2 Å². The third kappa shape index (κ3) is 1.93. The summed E-state index contributed by atoms with van der Waals surface area (Å²) in [7, 11) is 13.2. The van der Waals surface area contributed by atoms with Crippen LogP contribution in [0.2, 0.25) is 5.02 Å². The summed E-state index contributed by atoms with van der Waals surface area (Å²) in [6.45, 7) is 0.392. The molecule has 1 aromatic rings. The van der Waals surface area contributed by atoms with Crippen LogP contribution < -0.4 is 21.8 Å². The van der Waals surface area contributed by atoms with Crippen molar-refractivity contribution in [2.24, 2.45) is 5.73 Å². The van der Waals surface area contributed by atoms with Crippen LogP contribution in [0, 0.1) is 14.1 Å². The number of hydrogen-bond acceptors (Lipinski definition) is 1. The van der Waals surface area contributed by atoms with Crippen LogP contribution in [-0.2, 0) is 6.54 Å². The molecule has 1 aromatic carbocycles. The molecule has 0 spiro atoms. The molecular formula is C9H13BClN3. The number of quaternary nitrogens is 2. The van der Waals surface area contributed by atoms with Gasteiger partial charge >= 0.3 is 0 Å². The molecule has 0 saturated heterocycles. The minimum Gasteiger partial charge on any atom is -0.446 e. The number of hydrogen-bond donors (Lipinski definition) is 3. The Morgan fingerprint density at radius 2 is 1.93 bits per heavy atom. The molecule has 1 rings (SSSR count). The van der Waals surface area contributed by atoms with Gasteiger partial charge in [0.1, 0.15) is 19.2 Å². The topological polar surface area (TPSA) is 59.2 Å². The van der Waals surface area contributed by atoms with Gasteiger partial charge in [0.15, 0.2) is 0 Å². The Labute approximate surface area is 90.4 Å². The zero-order chi connectivity index (χ0) is 10.7. The second-order valence-electron chi connectivity index (χ2n) is 2.87. The van der Waals surface area contributed by atoms with E-state index in [1.807, 2.05) is 0 Å². The van der Waals surface area contributed by atoms with E-state index in [2.05, 4.69) is 14.1 Å². The van der Waals surface area contributed by atoms with Crippen LogP contribution in [0.5, 0.6) is 0 Å². The molecule has 74 valence electrons. The van der Waals surface area contributed by atoms with Crippen molar-refractivity contribution >= 4 is 36.3 Å². The van der Waals surface area contributed by atoms with Crippen molar-refractivity contribution in [1.82, 2.24) is 0 Å². The van der Waals surface area contributed by atoms with Crippen molar-refractivity contribution in [3.05, 3.63) is 30.7 Å². The van der Waals surface area contributed by atoms with Gasteiger partial charge < -0.3 is 16.4 Å². The van der Waals surface area contributed by atoms with E-state index in [1.54, 1.807) is 16.7 Å². The maximum absolute atomic E-state index is 6.00. The minimum absolute atomic E-state index is 0.392. The molecule has 5 heteroatoms. The first-order valence-electron chi connectivity index (χ1n) is 4.21. The molecule has 0 aliphatic heterocycles. The van der Waals surface area contributed by atoms with E-state index < -0.39 is 0 Å². The summed E-state index contributed by atoms with van der Waals surface area (Å²) >= 11 is 6.00. The smallest absolute Gasteiger partial charge is 0.130 e. The Morgan fingerprint density at radius 1 is 1.36 bits per heavy atom. The van der Waals surface area contributed by atoms with Crippen LogP contribution in [0.3, 0.4) is 0 Å². The van der Waals surface area contributed by atoms with E-state index in [9.17, 15) is 0 Å². The van der Waals surface area contributed by atoms with Crippen LogP contribution in [0.15, 0.2) is 6.07 Å². The minimum atomic E-state index is 0.392. The Bertz CT molecular complexity index is 341. The zero-order valence-corrected chi connectivity index (χ0v) is 8.64. The quantitative estimate of drug-likeness (QED) is 0.319. The van der Waals surface area contributed by atoms with Crippen molar-refractivity contribution in [3.8, 4) is 0 Å². The Hall–Kier alpha value is -0.545. The third-order valence-electron chi connectivity index (χ3n) is 2.11. The van der Waals surface area contributed by atoms with Gasteiger partial charge in [0.05, 0.1) is 5.02 Å². The van der Waals surface area contributed by atoms with Crippen LogP contribution in [0.25, 0.3) is 0 Å². The van der Waals surface area contributed by atoms with Gasteiger partial charge in [-0.2, -0.15) is 0 Å². The van der Waals surface area contributed by atoms with Gasteiger partial charge in [-0.15, -0.1) is 14.1 Å². The molecule has 0 saturated carbocycles. The summed E-state index contributed by atoms with van der Waals surface area (Å²) in [4.78, 5) is 0. The fourth-order valence-corrected chi connectivity index (χ4v) is 1.68. The standard InChI is InChI=1S/C9H13BClN3/c1-13-8-5(4-12)3-6(11)9(14-2)7(8)10/h3H,1-2,4,12-14H2. The van der Waals surface area contributed by atoms with Crippen molar-refractivity contribution < 1.29 is 10.6 Å². The first kappa shape index (κ1) is 11.5. The largest absolute Gasteiger partial charge is 0.446 e. The molecule has 0 aromatic heterocycles. The molecule has 14 heavy (non-hydrogen) atoms. The lowest BCUT2D eigenvalue weighted by Gasteiger charge is -2.14. The number of rotatable bonds is 3. The summed E-state index contributed by atoms with van der Waals surface area (Å²) in [5.41, 5.74) is 8.62. The lowest BCUT2D eigenvalue weighted by molar-refractivity contribution is -0.511. The van der Waals surface area contributed by atoms with Crippen LogP contribution in [0.4, 0.5) is 11.4 Å². The summed E-state index contributed by atoms with van der Waals surface area (Å²) in [6.07, 6.45) is 0. The van der Waals surface area contributed by atoms with E-state index in [1.165, 1.54) is 0 Å². The second kappa shape index (κ2) is 4.80. The predicted molar refractivity (Wildman–Crippen MR) is 58.6 cm³/mol. The van der Waals surface area contributed by atoms with Crippen LogP contribution in [-0.4, -0.2) is 7.85 Å². The highest BCUT2D eigenvalue weighted by Gasteiger charge is 2.14. The Morgan fingerprint density at radius 3 is 2.36 bits per heavy atom. The normalized spacial score (nSPS) is 10.6. The first-order chi connectivity index (χ1) is 6.65. The molecule has 2 radical (unpaired) electrons. The highest BCUT2D eigenvalue weighted by Crippen LogP contribution is 2.20. The molecule has 3 nitrogen and oxygen atoms in total. The second-order valence-corrected chi connectivity index (χ2v) is 3.28. The van der Waals surface area contributed by atoms with Gasteiger partial charge in [-0.1, -0.05) is 11.6 Å². The SMILES string of the molecule is [B]c1c([NH2+][CH2-])c(Cl)cc(CN)c1[NH2+][CH2-]. The average Bonchev–Trinajstić information content (AvgIpc) is 2.17. The zero-order valence-electron chi connectivity index (χ0n) is 7.89. The summed E-state index contributed by atoms with van der Waals surface area (Å²) in [5.74, 6) is 0.